The van der Waals surface area contributed by atoms with E-state index in [-0.39, 0.29) is 13.1 Å². The molecule has 2 rings (SSSR count). The number of ether oxygens (including phenoxy) is 4. The maximum atomic E-state index is 13.1. The van der Waals surface area contributed by atoms with Crippen LogP contribution in [0.2, 0.25) is 0 Å². The number of aliphatic hydroxyl groups excluding tert-OH is 16. The van der Waals surface area contributed by atoms with Crippen molar-refractivity contribution in [3.8, 4) is 0 Å². The second-order valence-corrected chi connectivity index (χ2v) is 19.5. The van der Waals surface area contributed by atoms with Crippen LogP contribution in [0.15, 0.2) is 0 Å². The topological polar surface area (TPSA) is 425 Å². The van der Waals surface area contributed by atoms with Crippen LogP contribution >= 0.6 is 0 Å². The first-order valence-corrected chi connectivity index (χ1v) is 26.6. The number of carbonyl (C=O) groups excluding carboxylic acids is 2. The van der Waals surface area contributed by atoms with Crippen LogP contribution in [0.25, 0.3) is 0 Å². The number of carbonyl (C=O) groups is 2. The predicted molar refractivity (Wildman–Crippen MR) is 262 cm³/mol. The van der Waals surface area contributed by atoms with Gasteiger partial charge in [-0.25, -0.2) is 0 Å². The minimum atomic E-state index is -2.20. The van der Waals surface area contributed by atoms with Gasteiger partial charge in [0.05, 0.1) is 26.4 Å². The molecular formula is C48H94N4O22. The van der Waals surface area contributed by atoms with Gasteiger partial charge in [0, 0.05) is 26.2 Å². The second-order valence-electron chi connectivity index (χ2n) is 19.5. The summed E-state index contributed by atoms with van der Waals surface area (Å²) in [5.41, 5.74) is 0. The molecule has 0 aliphatic carbocycles. The maximum Gasteiger partial charge on any atom is 0.251 e. The van der Waals surface area contributed by atoms with Gasteiger partial charge < -0.3 is 121 Å². The van der Waals surface area contributed by atoms with Crippen molar-refractivity contribution in [1.29, 1.82) is 0 Å². The highest BCUT2D eigenvalue weighted by atomic mass is 16.7. The third-order valence-electron chi connectivity index (χ3n) is 13.6. The monoisotopic (exact) mass is 1080 g/mol. The van der Waals surface area contributed by atoms with E-state index in [4.69, 9.17) is 18.9 Å². The number of hydrogen-bond donors (Lipinski definition) is 18. The van der Waals surface area contributed by atoms with Crippen molar-refractivity contribution in [2.45, 2.75) is 214 Å². The molecule has 74 heavy (non-hydrogen) atoms. The van der Waals surface area contributed by atoms with Gasteiger partial charge in [0.2, 0.25) is 0 Å². The van der Waals surface area contributed by atoms with E-state index in [0.717, 1.165) is 90.1 Å². The molecule has 0 radical (unpaired) electrons. The number of unbranched alkanes of at least 4 members (excludes halogenated alkanes) is 10. The van der Waals surface area contributed by atoms with Crippen molar-refractivity contribution >= 4 is 11.8 Å². The normalized spacial score (nSPS) is 27.8. The molecule has 2 aliphatic rings. The van der Waals surface area contributed by atoms with Gasteiger partial charge in [0.1, 0.15) is 85.5 Å². The first-order chi connectivity index (χ1) is 35.3. The Labute approximate surface area is 434 Å². The molecule has 2 heterocycles. The highest BCUT2D eigenvalue weighted by Crippen LogP contribution is 2.27. The van der Waals surface area contributed by atoms with Crippen molar-refractivity contribution in [3.63, 3.8) is 0 Å². The van der Waals surface area contributed by atoms with E-state index < -0.39 is 148 Å². The number of rotatable bonds is 41. The van der Waals surface area contributed by atoms with E-state index in [1.165, 1.54) is 0 Å². The van der Waals surface area contributed by atoms with Gasteiger partial charge in [-0.2, -0.15) is 0 Å². The summed E-state index contributed by atoms with van der Waals surface area (Å²) in [4.78, 5) is 30.7. The SMILES string of the molecule is CCCCCCCCN(CCCNC(=O)[C@H](O)[C@H](O)[C@H](O[C@@H]1O[C@H](CO)[C@H](O)[C@H](O)[C@H]1O)[C@H](O)CO)CCN(CCCCCCCC)CCCNC(=O)[C@H](O)[C@H](O)[C@H](O[C@@H]1O[C@H](CO)[C@H](O)[C@H](O)[C@H]1O)[C@H](O)CO. The van der Waals surface area contributed by atoms with Crippen molar-refractivity contribution in [1.82, 2.24) is 20.4 Å². The molecule has 18 atom stereocenters. The standard InChI is InChI=1S/C48H94N4O22/c1-3-5-7-9-11-13-19-51(21-15-17-49-45(69)39(65)37(63)43(29(57)25-53)73-47-41(67)35(61)33(59)31(27-55)71-47)23-24-52(20-14-12-10-8-6-4-2)22-16-18-50-46(70)40(66)38(64)44(30(58)26-54)74-48-42(68)36(62)34(60)32(28-56)72-48/h29-44,47-48,53-68H,3-28H2,1-2H3,(H,49,69)(H,50,70)/t29-,30-,31-,32-,33+,34+,35+,36+,37+,38+,39-,40-,41-,42-,43-,44-,47+,48+/m1/s1. The van der Waals surface area contributed by atoms with E-state index in [0.29, 0.717) is 39.0 Å². The summed E-state index contributed by atoms with van der Waals surface area (Å²) in [5.74, 6) is -2.06. The van der Waals surface area contributed by atoms with Crippen LogP contribution in [-0.4, -0.2) is 292 Å². The van der Waals surface area contributed by atoms with E-state index in [1.54, 1.807) is 0 Å². The van der Waals surface area contributed by atoms with Crippen LogP contribution in [-0.2, 0) is 28.5 Å². The van der Waals surface area contributed by atoms with E-state index in [1.807, 2.05) is 0 Å². The molecule has 0 aromatic carbocycles. The first-order valence-electron chi connectivity index (χ1n) is 26.6. The lowest BCUT2D eigenvalue weighted by Gasteiger charge is -2.42. The fraction of sp³-hybridized carbons (Fsp3) is 0.958. The molecule has 0 aromatic rings. The van der Waals surface area contributed by atoms with Crippen molar-refractivity contribution in [3.05, 3.63) is 0 Å². The third-order valence-corrected chi connectivity index (χ3v) is 13.6. The van der Waals surface area contributed by atoms with E-state index >= 15 is 0 Å². The van der Waals surface area contributed by atoms with Crippen LogP contribution in [0.4, 0.5) is 0 Å². The van der Waals surface area contributed by atoms with Gasteiger partial charge >= 0.3 is 0 Å². The molecule has 18 N–H and O–H groups in total. The molecule has 2 aliphatic heterocycles. The number of aliphatic hydroxyl groups is 16. The summed E-state index contributed by atoms with van der Waals surface area (Å²) >= 11 is 0. The molecule has 2 saturated heterocycles. The Hall–Kier alpha value is -1.94. The van der Waals surface area contributed by atoms with Gasteiger partial charge in [-0.05, 0) is 51.9 Å². The first kappa shape index (κ1) is 68.2. The van der Waals surface area contributed by atoms with Gasteiger partial charge in [-0.15, -0.1) is 0 Å². The van der Waals surface area contributed by atoms with Crippen LogP contribution in [0.3, 0.4) is 0 Å². The lowest BCUT2D eigenvalue weighted by Crippen LogP contribution is -2.62. The summed E-state index contributed by atoms with van der Waals surface area (Å²) in [6, 6.07) is 0. The summed E-state index contributed by atoms with van der Waals surface area (Å²) in [6.07, 6.45) is -20.4. The molecule has 438 valence electrons. The molecule has 26 nitrogen and oxygen atoms in total. The molecule has 0 bridgehead atoms. The van der Waals surface area contributed by atoms with Crippen molar-refractivity contribution < 1.29 is 110 Å². The largest absolute Gasteiger partial charge is 0.394 e. The summed E-state index contributed by atoms with van der Waals surface area (Å²) in [7, 11) is 0. The highest BCUT2D eigenvalue weighted by molar-refractivity contribution is 5.81. The Kier molecular flexibility index (Phi) is 34.8. The number of nitrogens with one attached hydrogen (secondary N) is 2. The van der Waals surface area contributed by atoms with Gasteiger partial charge in [0.25, 0.3) is 11.8 Å². The zero-order valence-electron chi connectivity index (χ0n) is 43.3. The molecule has 0 spiro atoms. The maximum absolute atomic E-state index is 13.1. The van der Waals surface area contributed by atoms with E-state index in [9.17, 15) is 91.3 Å². The predicted octanol–water partition coefficient (Wildman–Crippen LogP) is -6.16. The number of amides is 2. The molecular weight excluding hydrogens is 985 g/mol. The second kappa shape index (κ2) is 37.8. The van der Waals surface area contributed by atoms with Gasteiger partial charge in [0.15, 0.2) is 24.8 Å². The Bertz CT molecular complexity index is 1360. The highest BCUT2D eigenvalue weighted by Gasteiger charge is 2.49. The number of hydrogen-bond acceptors (Lipinski definition) is 24. The lowest BCUT2D eigenvalue weighted by molar-refractivity contribution is -0.326. The van der Waals surface area contributed by atoms with Crippen molar-refractivity contribution in [2.24, 2.45) is 0 Å². The minimum absolute atomic E-state index is 0.0672. The summed E-state index contributed by atoms with van der Waals surface area (Å²) < 4.78 is 21.4. The molecule has 0 saturated carbocycles. The average Bonchev–Trinajstić information content (AvgIpc) is 3.40. The lowest BCUT2D eigenvalue weighted by atomic mass is 9.98. The fourth-order valence-electron chi connectivity index (χ4n) is 8.77. The zero-order chi connectivity index (χ0) is 55.3. The van der Waals surface area contributed by atoms with Crippen molar-refractivity contribution in [2.75, 3.05) is 78.8 Å². The Morgan fingerprint density at radius 1 is 0.459 bits per heavy atom. The minimum Gasteiger partial charge on any atom is -0.394 e. The van der Waals surface area contributed by atoms with Gasteiger partial charge in [-0.1, -0.05) is 78.1 Å². The van der Waals surface area contributed by atoms with Crippen LogP contribution in [0.1, 0.15) is 104 Å². The molecule has 2 amide bonds. The zero-order valence-corrected chi connectivity index (χ0v) is 43.3. The molecule has 26 heteroatoms. The summed E-state index contributed by atoms with van der Waals surface area (Å²) in [6.45, 7) is 4.65. The average molecular weight is 1080 g/mol. The van der Waals surface area contributed by atoms with Crippen LogP contribution < -0.4 is 10.6 Å². The van der Waals surface area contributed by atoms with Crippen LogP contribution in [0, 0.1) is 0 Å². The number of nitrogens with zero attached hydrogens (tertiary/aromatic N) is 2. The smallest absolute Gasteiger partial charge is 0.251 e. The summed E-state index contributed by atoms with van der Waals surface area (Å²) in [5, 5.41) is 169. The third kappa shape index (κ3) is 22.8. The molecule has 0 unspecified atom stereocenters. The fourth-order valence-corrected chi connectivity index (χ4v) is 8.77. The quantitative estimate of drug-likeness (QED) is 0.0253. The molecule has 2 fully saturated rings. The van der Waals surface area contributed by atoms with Crippen LogP contribution in [0.5, 0.6) is 0 Å². The Morgan fingerprint density at radius 2 is 0.784 bits per heavy atom. The van der Waals surface area contributed by atoms with E-state index in [2.05, 4.69) is 34.3 Å². The molecule has 0 aromatic heterocycles. The Morgan fingerprint density at radius 3 is 1.11 bits per heavy atom. The van der Waals surface area contributed by atoms with Gasteiger partial charge in [-0.3, -0.25) is 9.59 Å². The Balaban J connectivity index is 2.07.